The van der Waals surface area contributed by atoms with Crippen LogP contribution in [0, 0.1) is 16.0 Å². The molecule has 1 atom stereocenters. The normalized spacial score (nSPS) is 17.8. The largest absolute Gasteiger partial charge is 0.419 e. The molecule has 0 amide bonds. The molecule has 1 aliphatic heterocycles. The summed E-state index contributed by atoms with van der Waals surface area (Å²) >= 11 is 0. The first-order valence-electron chi connectivity index (χ1n) is 8.01. The number of nitrogens with zero attached hydrogens (tertiary/aromatic N) is 4. The van der Waals surface area contributed by atoms with Crippen LogP contribution in [0.4, 0.5) is 5.69 Å². The number of likely N-dealkylation sites (tertiary alicyclic amines) is 1. The summed E-state index contributed by atoms with van der Waals surface area (Å²) in [5.74, 6) is 1.27. The van der Waals surface area contributed by atoms with Crippen LogP contribution in [0.25, 0.3) is 11.5 Å². The van der Waals surface area contributed by atoms with Gasteiger partial charge in [0.1, 0.15) is 0 Å². The number of aliphatic hydroxyl groups is 1. The standard InChI is InChI=1S/C16H20N4O4/c1-11(19-8-6-12(10-21)7-9-19)15-17-18-16(24-15)13-2-4-14(5-3-13)20(22)23/h2-5,11-12,21H,6-10H2,1H3. The number of nitro benzene ring substituents is 1. The molecule has 1 aliphatic rings. The third-order valence-corrected chi connectivity index (χ3v) is 4.58. The predicted octanol–water partition coefficient (Wildman–Crippen LogP) is 2.41. The molecule has 24 heavy (non-hydrogen) atoms. The van der Waals surface area contributed by atoms with Crippen molar-refractivity contribution in [2.45, 2.75) is 25.8 Å². The van der Waals surface area contributed by atoms with E-state index in [9.17, 15) is 15.2 Å². The lowest BCUT2D eigenvalue weighted by Gasteiger charge is -2.33. The molecule has 2 heterocycles. The van der Waals surface area contributed by atoms with Crippen molar-refractivity contribution >= 4 is 5.69 Å². The summed E-state index contributed by atoms with van der Waals surface area (Å²) in [6.07, 6.45) is 1.92. The highest BCUT2D eigenvalue weighted by molar-refractivity contribution is 5.55. The number of aromatic nitrogens is 2. The first-order chi connectivity index (χ1) is 11.6. The van der Waals surface area contributed by atoms with E-state index in [4.69, 9.17) is 4.42 Å². The predicted molar refractivity (Wildman–Crippen MR) is 86.2 cm³/mol. The lowest BCUT2D eigenvalue weighted by atomic mass is 9.97. The van der Waals surface area contributed by atoms with Gasteiger partial charge in [-0.2, -0.15) is 0 Å². The molecule has 3 rings (SSSR count). The van der Waals surface area contributed by atoms with Crippen molar-refractivity contribution in [1.82, 2.24) is 15.1 Å². The van der Waals surface area contributed by atoms with Crippen molar-refractivity contribution in [3.05, 3.63) is 40.3 Å². The van der Waals surface area contributed by atoms with Crippen molar-refractivity contribution in [1.29, 1.82) is 0 Å². The van der Waals surface area contributed by atoms with Crippen LogP contribution in [0.1, 0.15) is 31.7 Å². The Morgan fingerprint density at radius 1 is 1.33 bits per heavy atom. The maximum Gasteiger partial charge on any atom is 0.269 e. The second-order valence-electron chi connectivity index (χ2n) is 6.09. The van der Waals surface area contributed by atoms with Crippen LogP contribution in [0.3, 0.4) is 0 Å². The fourth-order valence-corrected chi connectivity index (χ4v) is 2.92. The van der Waals surface area contributed by atoms with Crippen molar-refractivity contribution in [3.8, 4) is 11.5 Å². The molecule has 8 heteroatoms. The van der Waals surface area contributed by atoms with Gasteiger partial charge in [-0.05, 0) is 50.9 Å². The fourth-order valence-electron chi connectivity index (χ4n) is 2.92. The second kappa shape index (κ2) is 7.06. The molecule has 0 aliphatic carbocycles. The monoisotopic (exact) mass is 332 g/mol. The van der Waals surface area contributed by atoms with Gasteiger partial charge in [0.25, 0.3) is 5.69 Å². The van der Waals surface area contributed by atoms with Crippen LogP contribution in [-0.2, 0) is 0 Å². The molecule has 0 spiro atoms. The SMILES string of the molecule is CC(c1nnc(-c2ccc([N+](=O)[O-])cc2)o1)N1CCC(CO)CC1. The topological polar surface area (TPSA) is 106 Å². The molecular weight excluding hydrogens is 312 g/mol. The Hall–Kier alpha value is -2.32. The molecule has 0 bridgehead atoms. The van der Waals surface area contributed by atoms with Crippen molar-refractivity contribution in [2.24, 2.45) is 5.92 Å². The van der Waals surface area contributed by atoms with Gasteiger partial charge >= 0.3 is 0 Å². The summed E-state index contributed by atoms with van der Waals surface area (Å²) in [4.78, 5) is 12.5. The highest BCUT2D eigenvalue weighted by Crippen LogP contribution is 2.28. The molecule has 1 fully saturated rings. The van der Waals surface area contributed by atoms with E-state index in [-0.39, 0.29) is 18.3 Å². The molecule has 0 saturated carbocycles. The van der Waals surface area contributed by atoms with Crippen LogP contribution < -0.4 is 0 Å². The number of hydrogen-bond acceptors (Lipinski definition) is 7. The van der Waals surface area contributed by atoms with E-state index in [1.54, 1.807) is 12.1 Å². The van der Waals surface area contributed by atoms with Gasteiger partial charge in [-0.15, -0.1) is 10.2 Å². The Balaban J connectivity index is 1.69. The van der Waals surface area contributed by atoms with Gasteiger partial charge in [-0.25, -0.2) is 0 Å². The Morgan fingerprint density at radius 3 is 2.58 bits per heavy atom. The molecule has 1 saturated heterocycles. The van der Waals surface area contributed by atoms with Gasteiger partial charge in [0.2, 0.25) is 11.8 Å². The van der Waals surface area contributed by atoms with Crippen molar-refractivity contribution < 1.29 is 14.4 Å². The lowest BCUT2D eigenvalue weighted by Crippen LogP contribution is -2.36. The number of piperidine rings is 1. The van der Waals surface area contributed by atoms with E-state index in [0.29, 0.717) is 23.3 Å². The molecule has 1 unspecified atom stereocenters. The minimum atomic E-state index is -0.443. The van der Waals surface area contributed by atoms with Gasteiger partial charge in [0.15, 0.2) is 0 Å². The van der Waals surface area contributed by atoms with E-state index < -0.39 is 4.92 Å². The molecule has 1 N–H and O–H groups in total. The molecule has 1 aromatic carbocycles. The zero-order valence-electron chi connectivity index (χ0n) is 13.5. The molecule has 8 nitrogen and oxygen atoms in total. The molecule has 0 radical (unpaired) electrons. The molecule has 1 aromatic heterocycles. The van der Waals surface area contributed by atoms with Gasteiger partial charge in [-0.1, -0.05) is 0 Å². The van der Waals surface area contributed by atoms with Gasteiger partial charge in [-0.3, -0.25) is 15.0 Å². The summed E-state index contributed by atoms with van der Waals surface area (Å²) in [7, 11) is 0. The minimum Gasteiger partial charge on any atom is -0.419 e. The Labute approximate surface area is 139 Å². The van der Waals surface area contributed by atoms with Crippen LogP contribution >= 0.6 is 0 Å². The van der Waals surface area contributed by atoms with Crippen LogP contribution in [0.5, 0.6) is 0 Å². The number of nitro groups is 1. The summed E-state index contributed by atoms with van der Waals surface area (Å²) in [6, 6.07) is 6.05. The van der Waals surface area contributed by atoms with Crippen LogP contribution in [0.2, 0.25) is 0 Å². The Kier molecular flexibility index (Phi) is 4.86. The average molecular weight is 332 g/mol. The van der Waals surface area contributed by atoms with Gasteiger partial charge < -0.3 is 9.52 Å². The Morgan fingerprint density at radius 2 is 2.00 bits per heavy atom. The number of hydrogen-bond donors (Lipinski definition) is 1. The molecule has 2 aromatic rings. The van der Waals surface area contributed by atoms with Crippen molar-refractivity contribution in [2.75, 3.05) is 19.7 Å². The molecular formula is C16H20N4O4. The fraction of sp³-hybridized carbons (Fsp3) is 0.500. The quantitative estimate of drug-likeness (QED) is 0.662. The molecule has 128 valence electrons. The van der Waals surface area contributed by atoms with Crippen LogP contribution in [-0.4, -0.2) is 44.8 Å². The van der Waals surface area contributed by atoms with E-state index >= 15 is 0 Å². The van der Waals surface area contributed by atoms with E-state index in [1.165, 1.54) is 12.1 Å². The minimum absolute atomic E-state index is 0.00365. The number of non-ortho nitro benzene ring substituents is 1. The van der Waals surface area contributed by atoms with Crippen LogP contribution in [0.15, 0.2) is 28.7 Å². The maximum absolute atomic E-state index is 10.7. The summed E-state index contributed by atoms with van der Waals surface area (Å²) in [5, 5.41) is 28.1. The van der Waals surface area contributed by atoms with Crippen molar-refractivity contribution in [3.63, 3.8) is 0 Å². The van der Waals surface area contributed by atoms with E-state index in [1.807, 2.05) is 6.92 Å². The number of aliphatic hydroxyl groups excluding tert-OH is 1. The summed E-state index contributed by atoms with van der Waals surface area (Å²) in [5.41, 5.74) is 0.684. The Bertz CT molecular complexity index is 692. The van der Waals surface area contributed by atoms with E-state index in [0.717, 1.165) is 25.9 Å². The van der Waals surface area contributed by atoms with Gasteiger partial charge in [0.05, 0.1) is 11.0 Å². The highest BCUT2D eigenvalue weighted by atomic mass is 16.6. The third kappa shape index (κ3) is 3.44. The highest BCUT2D eigenvalue weighted by Gasteiger charge is 2.26. The number of rotatable bonds is 5. The maximum atomic E-state index is 10.7. The first-order valence-corrected chi connectivity index (χ1v) is 8.01. The summed E-state index contributed by atoms with van der Waals surface area (Å²) < 4.78 is 5.76. The lowest BCUT2D eigenvalue weighted by molar-refractivity contribution is -0.384. The zero-order valence-corrected chi connectivity index (χ0v) is 13.5. The average Bonchev–Trinajstić information content (AvgIpc) is 3.11. The number of benzene rings is 1. The zero-order chi connectivity index (χ0) is 17.1. The first kappa shape index (κ1) is 16.5. The summed E-state index contributed by atoms with van der Waals surface area (Å²) in [6.45, 7) is 4.04. The third-order valence-electron chi connectivity index (χ3n) is 4.58. The second-order valence-corrected chi connectivity index (χ2v) is 6.09. The van der Waals surface area contributed by atoms with Gasteiger partial charge in [0, 0.05) is 24.3 Å². The van der Waals surface area contributed by atoms with E-state index in [2.05, 4.69) is 15.1 Å². The smallest absolute Gasteiger partial charge is 0.269 e.